The Kier molecular flexibility index (Phi) is 2.09. The van der Waals surface area contributed by atoms with Gasteiger partial charge in [-0.2, -0.15) is 4.37 Å². The van der Waals surface area contributed by atoms with E-state index < -0.39 is 5.91 Å². The lowest BCUT2D eigenvalue weighted by Crippen LogP contribution is -2.11. The minimum atomic E-state index is -0.527. The molecule has 0 radical (unpaired) electrons. The minimum Gasteiger partial charge on any atom is -0.496 e. The van der Waals surface area contributed by atoms with E-state index in [4.69, 9.17) is 10.5 Å². The highest BCUT2D eigenvalue weighted by atomic mass is 32.1. The van der Waals surface area contributed by atoms with Crippen LogP contribution in [-0.2, 0) is 0 Å². The zero-order valence-corrected chi connectivity index (χ0v) is 8.30. The number of carbonyl (C=O) groups is 1. The lowest BCUT2D eigenvalue weighted by molar-refractivity contribution is 0.0998. The lowest BCUT2D eigenvalue weighted by atomic mass is 10.2. The normalized spacial score (nSPS) is 10.4. The molecule has 0 spiro atoms. The van der Waals surface area contributed by atoms with Gasteiger partial charge in [0.1, 0.15) is 5.75 Å². The van der Waals surface area contributed by atoms with Crippen molar-refractivity contribution < 1.29 is 9.53 Å². The number of amides is 1. The van der Waals surface area contributed by atoms with Crippen molar-refractivity contribution in [3.8, 4) is 5.75 Å². The van der Waals surface area contributed by atoms with Gasteiger partial charge in [0, 0.05) is 0 Å². The molecule has 1 heterocycles. The smallest absolute Gasteiger partial charge is 0.269 e. The summed E-state index contributed by atoms with van der Waals surface area (Å²) in [5, 5.41) is 0.701. The number of hydrogen-bond acceptors (Lipinski definition) is 4. The average molecular weight is 208 g/mol. The van der Waals surface area contributed by atoms with Gasteiger partial charge in [0.2, 0.25) is 0 Å². The molecule has 0 aliphatic rings. The molecule has 5 heteroatoms. The summed E-state index contributed by atoms with van der Waals surface area (Å²) in [6.07, 6.45) is 0. The highest BCUT2D eigenvalue weighted by molar-refractivity contribution is 7.13. The maximum atomic E-state index is 11.1. The van der Waals surface area contributed by atoms with Crippen LogP contribution in [0.25, 0.3) is 10.1 Å². The van der Waals surface area contributed by atoms with Crippen molar-refractivity contribution in [3.63, 3.8) is 0 Å². The van der Waals surface area contributed by atoms with Crippen LogP contribution in [0.2, 0.25) is 0 Å². The molecule has 1 aromatic heterocycles. The molecule has 0 bridgehead atoms. The summed E-state index contributed by atoms with van der Waals surface area (Å²) in [5.41, 5.74) is 5.48. The van der Waals surface area contributed by atoms with Crippen LogP contribution in [0.4, 0.5) is 0 Å². The number of primary amides is 1. The van der Waals surface area contributed by atoms with Crippen LogP contribution < -0.4 is 10.5 Å². The van der Waals surface area contributed by atoms with Gasteiger partial charge < -0.3 is 10.5 Å². The van der Waals surface area contributed by atoms with Gasteiger partial charge in [-0.25, -0.2) is 0 Å². The Hall–Kier alpha value is -1.62. The first-order chi connectivity index (χ1) is 6.74. The van der Waals surface area contributed by atoms with Crippen LogP contribution >= 0.6 is 11.5 Å². The number of nitrogens with two attached hydrogens (primary N) is 1. The predicted molar refractivity (Wildman–Crippen MR) is 54.7 cm³/mol. The molecule has 4 nitrogen and oxygen atoms in total. The molecule has 0 unspecified atom stereocenters. The molecule has 1 amide bonds. The fraction of sp³-hybridized carbons (Fsp3) is 0.111. The molecule has 0 aliphatic carbocycles. The molecular formula is C9H8N2O2S. The SMILES string of the molecule is COc1cccc2snc(C(N)=O)c12. The van der Waals surface area contributed by atoms with E-state index in [1.807, 2.05) is 12.1 Å². The molecule has 2 N–H and O–H groups in total. The minimum absolute atomic E-state index is 0.280. The molecule has 14 heavy (non-hydrogen) atoms. The maximum Gasteiger partial charge on any atom is 0.269 e. The van der Waals surface area contributed by atoms with Gasteiger partial charge in [-0.05, 0) is 23.7 Å². The number of fused-ring (bicyclic) bond motifs is 1. The lowest BCUT2D eigenvalue weighted by Gasteiger charge is -2.00. The maximum absolute atomic E-state index is 11.1. The number of benzene rings is 1. The molecule has 0 fully saturated rings. The number of aromatic nitrogens is 1. The van der Waals surface area contributed by atoms with Crippen LogP contribution in [0.3, 0.4) is 0 Å². The average Bonchev–Trinajstić information content (AvgIpc) is 2.60. The van der Waals surface area contributed by atoms with Gasteiger partial charge in [0.25, 0.3) is 5.91 Å². The highest BCUT2D eigenvalue weighted by Crippen LogP contribution is 2.30. The van der Waals surface area contributed by atoms with Crippen LogP contribution in [0.1, 0.15) is 10.5 Å². The molecular weight excluding hydrogens is 200 g/mol. The van der Waals surface area contributed by atoms with Crippen molar-refractivity contribution in [3.05, 3.63) is 23.9 Å². The van der Waals surface area contributed by atoms with E-state index in [1.165, 1.54) is 11.5 Å². The third-order valence-corrected chi connectivity index (χ3v) is 2.72. The largest absolute Gasteiger partial charge is 0.496 e. The van der Waals surface area contributed by atoms with Crippen LogP contribution in [-0.4, -0.2) is 17.4 Å². The zero-order chi connectivity index (χ0) is 10.1. The number of carbonyl (C=O) groups excluding carboxylic acids is 1. The Labute approximate surface area is 84.5 Å². The number of nitrogens with zero attached hydrogens (tertiary/aromatic N) is 1. The van der Waals surface area contributed by atoms with Crippen LogP contribution in [0, 0.1) is 0 Å². The molecule has 0 saturated heterocycles. The van der Waals surface area contributed by atoms with Crippen molar-refractivity contribution in [1.82, 2.24) is 4.37 Å². The summed E-state index contributed by atoms with van der Waals surface area (Å²) in [6.45, 7) is 0. The molecule has 72 valence electrons. The summed E-state index contributed by atoms with van der Waals surface area (Å²) >= 11 is 1.24. The van der Waals surface area contributed by atoms with E-state index in [-0.39, 0.29) is 5.69 Å². The number of methoxy groups -OCH3 is 1. The quantitative estimate of drug-likeness (QED) is 0.811. The Morgan fingerprint density at radius 3 is 3.00 bits per heavy atom. The number of ether oxygens (including phenoxy) is 1. The first kappa shape index (κ1) is 8.96. The Balaban J connectivity index is 2.81. The van der Waals surface area contributed by atoms with E-state index in [0.717, 1.165) is 4.70 Å². The second kappa shape index (κ2) is 3.26. The van der Waals surface area contributed by atoms with Crippen molar-refractivity contribution >= 4 is 27.5 Å². The molecule has 0 atom stereocenters. The summed E-state index contributed by atoms with van der Waals surface area (Å²) in [6, 6.07) is 5.51. The molecule has 2 aromatic rings. The summed E-state index contributed by atoms with van der Waals surface area (Å²) in [5.74, 6) is 0.103. The van der Waals surface area contributed by atoms with Crippen LogP contribution in [0.5, 0.6) is 5.75 Å². The van der Waals surface area contributed by atoms with Gasteiger partial charge in [-0.15, -0.1) is 0 Å². The van der Waals surface area contributed by atoms with Crippen LogP contribution in [0.15, 0.2) is 18.2 Å². The third-order valence-electron chi connectivity index (χ3n) is 1.91. The topological polar surface area (TPSA) is 65.2 Å². The monoisotopic (exact) mass is 208 g/mol. The van der Waals surface area contributed by atoms with Gasteiger partial charge in [-0.3, -0.25) is 4.79 Å². The number of rotatable bonds is 2. The van der Waals surface area contributed by atoms with Gasteiger partial charge in [-0.1, -0.05) is 6.07 Å². The second-order valence-electron chi connectivity index (χ2n) is 2.73. The summed E-state index contributed by atoms with van der Waals surface area (Å²) in [7, 11) is 1.55. The Morgan fingerprint density at radius 2 is 2.36 bits per heavy atom. The van der Waals surface area contributed by atoms with Crippen molar-refractivity contribution in [2.75, 3.05) is 7.11 Å². The van der Waals surface area contributed by atoms with Crippen molar-refractivity contribution in [2.45, 2.75) is 0 Å². The van der Waals surface area contributed by atoms with E-state index in [0.29, 0.717) is 11.1 Å². The van der Waals surface area contributed by atoms with Gasteiger partial charge in [0.05, 0.1) is 17.2 Å². The zero-order valence-electron chi connectivity index (χ0n) is 7.48. The predicted octanol–water partition coefficient (Wildman–Crippen LogP) is 1.40. The highest BCUT2D eigenvalue weighted by Gasteiger charge is 2.14. The van der Waals surface area contributed by atoms with E-state index >= 15 is 0 Å². The van der Waals surface area contributed by atoms with Crippen molar-refractivity contribution in [2.24, 2.45) is 5.73 Å². The third kappa shape index (κ3) is 1.22. The first-order valence-corrected chi connectivity index (χ1v) is 4.73. The van der Waals surface area contributed by atoms with E-state index in [1.54, 1.807) is 13.2 Å². The van der Waals surface area contributed by atoms with Crippen molar-refractivity contribution in [1.29, 1.82) is 0 Å². The molecule has 2 rings (SSSR count). The summed E-state index contributed by atoms with van der Waals surface area (Å²) in [4.78, 5) is 11.1. The van der Waals surface area contributed by atoms with Gasteiger partial charge in [0.15, 0.2) is 5.69 Å². The first-order valence-electron chi connectivity index (χ1n) is 3.96. The fourth-order valence-corrected chi connectivity index (χ4v) is 2.10. The van der Waals surface area contributed by atoms with Gasteiger partial charge >= 0.3 is 0 Å². The van der Waals surface area contributed by atoms with E-state index in [9.17, 15) is 4.79 Å². The molecule has 1 aromatic carbocycles. The Morgan fingerprint density at radius 1 is 1.57 bits per heavy atom. The molecule has 0 saturated carbocycles. The summed E-state index contributed by atoms with van der Waals surface area (Å²) < 4.78 is 10.0. The van der Waals surface area contributed by atoms with E-state index in [2.05, 4.69) is 4.37 Å². The Bertz CT molecular complexity index is 493. The number of hydrogen-bond donors (Lipinski definition) is 1. The fourth-order valence-electron chi connectivity index (χ4n) is 1.30. The second-order valence-corrected chi connectivity index (χ2v) is 3.53. The standard InChI is InChI=1S/C9H8N2O2S/c1-13-5-3-2-4-6-7(5)8(9(10)12)11-14-6/h2-4H,1H3,(H2,10,12). The molecule has 0 aliphatic heterocycles.